The lowest BCUT2D eigenvalue weighted by molar-refractivity contribution is -0.143. The van der Waals surface area contributed by atoms with Crippen molar-refractivity contribution in [3.05, 3.63) is 78.4 Å². The van der Waals surface area contributed by atoms with Gasteiger partial charge in [0.1, 0.15) is 11.8 Å². The van der Waals surface area contributed by atoms with E-state index in [-0.39, 0.29) is 17.7 Å². The molecule has 0 spiro atoms. The van der Waals surface area contributed by atoms with Gasteiger partial charge in [-0.05, 0) is 23.3 Å². The highest BCUT2D eigenvalue weighted by molar-refractivity contribution is 5.88. The third kappa shape index (κ3) is 6.49. The van der Waals surface area contributed by atoms with Gasteiger partial charge >= 0.3 is 0 Å². The van der Waals surface area contributed by atoms with Crippen LogP contribution in [0.1, 0.15) is 25.0 Å². The Morgan fingerprint density at radius 1 is 1.07 bits per heavy atom. The van der Waals surface area contributed by atoms with Gasteiger partial charge in [0.2, 0.25) is 11.8 Å². The Morgan fingerprint density at radius 3 is 2.28 bits per heavy atom. The number of ether oxygens (including phenoxy) is 1. The average molecular weight is 395 g/mol. The maximum Gasteiger partial charge on any atom is 0.243 e. The van der Waals surface area contributed by atoms with Gasteiger partial charge in [-0.25, -0.2) is 0 Å². The zero-order chi connectivity index (χ0) is 21.2. The molecule has 0 aliphatic rings. The molecule has 0 saturated carbocycles. The molecule has 5 nitrogen and oxygen atoms in total. The van der Waals surface area contributed by atoms with Crippen LogP contribution in [-0.2, 0) is 22.6 Å². The van der Waals surface area contributed by atoms with Crippen molar-refractivity contribution in [1.82, 2.24) is 10.2 Å². The first-order valence-corrected chi connectivity index (χ1v) is 9.82. The Labute approximate surface area is 173 Å². The Kier molecular flexibility index (Phi) is 8.46. The van der Waals surface area contributed by atoms with E-state index in [2.05, 4.69) is 11.9 Å². The highest BCUT2D eigenvalue weighted by Crippen LogP contribution is 2.19. The SMILES string of the molecule is C=CCNC(=O)C(Cc1ccccc1)N(Cc1ccc(OC)cc1)C(=O)C(C)C. The highest BCUT2D eigenvalue weighted by Gasteiger charge is 2.31. The minimum atomic E-state index is -0.616. The van der Waals surface area contributed by atoms with Crippen LogP contribution in [0.5, 0.6) is 5.75 Å². The van der Waals surface area contributed by atoms with Crippen molar-refractivity contribution in [2.45, 2.75) is 32.9 Å². The van der Waals surface area contributed by atoms with Gasteiger partial charge in [0, 0.05) is 25.4 Å². The molecule has 0 radical (unpaired) electrons. The van der Waals surface area contributed by atoms with Crippen LogP contribution in [0.15, 0.2) is 67.3 Å². The number of nitrogens with one attached hydrogen (secondary N) is 1. The van der Waals surface area contributed by atoms with E-state index >= 15 is 0 Å². The van der Waals surface area contributed by atoms with Crippen LogP contribution in [0.2, 0.25) is 0 Å². The third-order valence-corrected chi connectivity index (χ3v) is 4.66. The molecule has 5 heteroatoms. The Hall–Kier alpha value is -3.08. The predicted octanol–water partition coefficient (Wildman–Crippen LogP) is 3.59. The smallest absolute Gasteiger partial charge is 0.243 e. The standard InChI is InChI=1S/C24H30N2O3/c1-5-15-25-23(27)22(16-19-9-7-6-8-10-19)26(24(28)18(2)3)17-20-11-13-21(29-4)14-12-20/h5-14,18,22H,1,15-17H2,2-4H3,(H,25,27). The molecular formula is C24H30N2O3. The number of carbonyl (C=O) groups is 2. The lowest BCUT2D eigenvalue weighted by Gasteiger charge is -2.32. The number of rotatable bonds is 10. The Bertz CT molecular complexity index is 801. The molecule has 1 unspecified atom stereocenters. The minimum Gasteiger partial charge on any atom is -0.497 e. The summed E-state index contributed by atoms with van der Waals surface area (Å²) in [6, 6.07) is 16.7. The molecule has 0 fully saturated rings. The molecule has 0 aliphatic heterocycles. The van der Waals surface area contributed by atoms with Crippen molar-refractivity contribution < 1.29 is 14.3 Å². The molecule has 0 heterocycles. The number of carbonyl (C=O) groups excluding carboxylic acids is 2. The summed E-state index contributed by atoms with van der Waals surface area (Å²) in [6.45, 7) is 8.07. The fraction of sp³-hybridized carbons (Fsp3) is 0.333. The third-order valence-electron chi connectivity index (χ3n) is 4.66. The molecule has 154 valence electrons. The van der Waals surface area contributed by atoms with Crippen LogP contribution >= 0.6 is 0 Å². The van der Waals surface area contributed by atoms with Gasteiger partial charge in [-0.15, -0.1) is 6.58 Å². The molecule has 2 rings (SSSR count). The van der Waals surface area contributed by atoms with Crippen LogP contribution in [0.3, 0.4) is 0 Å². The second-order valence-corrected chi connectivity index (χ2v) is 7.21. The van der Waals surface area contributed by atoms with Crippen LogP contribution < -0.4 is 10.1 Å². The van der Waals surface area contributed by atoms with E-state index in [0.29, 0.717) is 19.5 Å². The lowest BCUT2D eigenvalue weighted by atomic mass is 10.0. The molecule has 2 aromatic carbocycles. The van der Waals surface area contributed by atoms with E-state index < -0.39 is 6.04 Å². The molecule has 29 heavy (non-hydrogen) atoms. The number of hydrogen-bond acceptors (Lipinski definition) is 3. The van der Waals surface area contributed by atoms with Crippen molar-refractivity contribution in [2.75, 3.05) is 13.7 Å². The number of nitrogens with zero attached hydrogens (tertiary/aromatic N) is 1. The average Bonchev–Trinajstić information content (AvgIpc) is 2.75. The first kappa shape index (κ1) is 22.2. The van der Waals surface area contributed by atoms with Crippen LogP contribution in [0.4, 0.5) is 0 Å². The number of methoxy groups -OCH3 is 1. The van der Waals surface area contributed by atoms with Crippen molar-refractivity contribution in [3.8, 4) is 5.75 Å². The summed E-state index contributed by atoms with van der Waals surface area (Å²) in [5.41, 5.74) is 1.94. The lowest BCUT2D eigenvalue weighted by Crippen LogP contribution is -2.51. The van der Waals surface area contributed by atoms with Crippen molar-refractivity contribution in [2.24, 2.45) is 5.92 Å². The maximum absolute atomic E-state index is 13.1. The number of benzene rings is 2. The summed E-state index contributed by atoms with van der Waals surface area (Å²) in [5.74, 6) is 0.283. The zero-order valence-corrected chi connectivity index (χ0v) is 17.4. The van der Waals surface area contributed by atoms with Gasteiger partial charge in [0.05, 0.1) is 7.11 Å². The van der Waals surface area contributed by atoms with E-state index in [4.69, 9.17) is 4.74 Å². The molecular weight excluding hydrogens is 364 g/mol. The van der Waals surface area contributed by atoms with Gasteiger partial charge in [-0.2, -0.15) is 0 Å². The maximum atomic E-state index is 13.1. The monoisotopic (exact) mass is 394 g/mol. The summed E-state index contributed by atoms with van der Waals surface area (Å²) in [4.78, 5) is 27.8. The molecule has 0 aromatic heterocycles. The Balaban J connectivity index is 2.36. The molecule has 0 saturated heterocycles. The largest absolute Gasteiger partial charge is 0.497 e. The highest BCUT2D eigenvalue weighted by atomic mass is 16.5. The quantitative estimate of drug-likeness (QED) is 0.627. The molecule has 2 amide bonds. The molecule has 2 aromatic rings. The fourth-order valence-electron chi connectivity index (χ4n) is 3.07. The van der Waals surface area contributed by atoms with E-state index in [9.17, 15) is 9.59 Å². The van der Waals surface area contributed by atoms with E-state index in [1.54, 1.807) is 18.1 Å². The second-order valence-electron chi connectivity index (χ2n) is 7.21. The van der Waals surface area contributed by atoms with Crippen molar-refractivity contribution in [1.29, 1.82) is 0 Å². The molecule has 0 aliphatic carbocycles. The van der Waals surface area contributed by atoms with Gasteiger partial charge in [0.15, 0.2) is 0 Å². The topological polar surface area (TPSA) is 58.6 Å². The first-order valence-electron chi connectivity index (χ1n) is 9.82. The molecule has 1 N–H and O–H groups in total. The van der Waals surface area contributed by atoms with Crippen molar-refractivity contribution in [3.63, 3.8) is 0 Å². The van der Waals surface area contributed by atoms with Gasteiger partial charge in [-0.1, -0.05) is 62.4 Å². The predicted molar refractivity (Wildman–Crippen MR) is 116 cm³/mol. The zero-order valence-electron chi connectivity index (χ0n) is 17.4. The van der Waals surface area contributed by atoms with Crippen LogP contribution in [-0.4, -0.2) is 36.4 Å². The second kappa shape index (κ2) is 11.1. The Morgan fingerprint density at radius 2 is 1.72 bits per heavy atom. The summed E-state index contributed by atoms with van der Waals surface area (Å²) in [6.07, 6.45) is 2.08. The summed E-state index contributed by atoms with van der Waals surface area (Å²) in [5, 5.41) is 2.86. The van der Waals surface area contributed by atoms with Gasteiger partial charge < -0.3 is 15.0 Å². The van der Waals surface area contributed by atoms with E-state index in [1.807, 2.05) is 68.4 Å². The normalized spacial score (nSPS) is 11.6. The summed E-state index contributed by atoms with van der Waals surface area (Å²) in [7, 11) is 1.61. The van der Waals surface area contributed by atoms with Crippen LogP contribution in [0, 0.1) is 5.92 Å². The van der Waals surface area contributed by atoms with Crippen molar-refractivity contribution >= 4 is 11.8 Å². The molecule has 0 bridgehead atoms. The van der Waals surface area contributed by atoms with Gasteiger partial charge in [0.25, 0.3) is 0 Å². The number of amides is 2. The summed E-state index contributed by atoms with van der Waals surface area (Å²) < 4.78 is 5.21. The van der Waals surface area contributed by atoms with E-state index in [1.165, 1.54) is 0 Å². The minimum absolute atomic E-state index is 0.0597. The first-order chi connectivity index (χ1) is 14.0. The van der Waals surface area contributed by atoms with Crippen LogP contribution in [0.25, 0.3) is 0 Å². The molecule has 1 atom stereocenters. The summed E-state index contributed by atoms with van der Waals surface area (Å²) >= 11 is 0. The number of hydrogen-bond donors (Lipinski definition) is 1. The fourth-order valence-corrected chi connectivity index (χ4v) is 3.07. The van der Waals surface area contributed by atoms with Gasteiger partial charge in [-0.3, -0.25) is 9.59 Å². The van der Waals surface area contributed by atoms with E-state index in [0.717, 1.165) is 16.9 Å².